The summed E-state index contributed by atoms with van der Waals surface area (Å²) in [5.41, 5.74) is -3.28. The third-order valence-electron chi connectivity index (χ3n) is 8.10. The molecule has 0 spiro atoms. The van der Waals surface area contributed by atoms with Crippen LogP contribution in [0.3, 0.4) is 0 Å². The zero-order valence-corrected chi connectivity index (χ0v) is 30.4. The number of hydrogen-bond donors (Lipinski definition) is 1. The van der Waals surface area contributed by atoms with Crippen molar-refractivity contribution in [1.29, 1.82) is 5.26 Å². The molecule has 0 aliphatic carbocycles. The molecule has 1 atom stereocenters. The van der Waals surface area contributed by atoms with Crippen molar-refractivity contribution in [3.05, 3.63) is 58.7 Å². The summed E-state index contributed by atoms with van der Waals surface area (Å²) in [6, 6.07) is 8.53. The molecule has 272 valence electrons. The van der Waals surface area contributed by atoms with Gasteiger partial charge in [-0.3, -0.25) is 14.8 Å². The van der Waals surface area contributed by atoms with Crippen LogP contribution in [0.2, 0.25) is 0 Å². The van der Waals surface area contributed by atoms with Crippen molar-refractivity contribution in [2.24, 2.45) is 0 Å². The van der Waals surface area contributed by atoms with Gasteiger partial charge in [0.15, 0.2) is 11.5 Å². The maximum absolute atomic E-state index is 17.1. The highest BCUT2D eigenvalue weighted by molar-refractivity contribution is 7.90. The molecule has 0 fully saturated rings. The Morgan fingerprint density at radius 1 is 1.15 bits per heavy atom. The van der Waals surface area contributed by atoms with Crippen LogP contribution in [0.5, 0.6) is 0 Å². The number of carbonyl (C=O) groups excluding carboxylic acids is 2. The maximum atomic E-state index is 17.1. The maximum Gasteiger partial charge on any atom is 0.417 e. The van der Waals surface area contributed by atoms with Crippen LogP contribution >= 0.6 is 11.3 Å². The van der Waals surface area contributed by atoms with Crippen LogP contribution in [0.25, 0.3) is 32.1 Å². The minimum atomic E-state index is -5.10. The minimum Gasteiger partial charge on any atom is -0.609 e. The molecule has 4 heterocycles. The van der Waals surface area contributed by atoms with Gasteiger partial charge in [0.05, 0.1) is 23.4 Å². The van der Waals surface area contributed by atoms with Crippen molar-refractivity contribution in [2.75, 3.05) is 37.1 Å². The van der Waals surface area contributed by atoms with Crippen molar-refractivity contribution in [2.45, 2.75) is 57.2 Å². The Kier molecular flexibility index (Phi) is 9.57. The molecule has 52 heavy (non-hydrogen) atoms. The van der Waals surface area contributed by atoms with E-state index in [1.165, 1.54) is 29.4 Å². The number of nitriles is 1. The molecule has 1 aliphatic rings. The van der Waals surface area contributed by atoms with E-state index in [-0.39, 0.29) is 62.6 Å². The van der Waals surface area contributed by atoms with Gasteiger partial charge in [-0.1, -0.05) is 12.1 Å². The van der Waals surface area contributed by atoms with Gasteiger partial charge in [0.1, 0.15) is 34.3 Å². The van der Waals surface area contributed by atoms with Crippen LogP contribution in [0.15, 0.2) is 35.5 Å². The second-order valence-corrected chi connectivity index (χ2v) is 15.6. The van der Waals surface area contributed by atoms with Crippen molar-refractivity contribution >= 4 is 66.3 Å². The summed E-state index contributed by atoms with van der Waals surface area (Å²) in [6.07, 6.45) is -4.26. The van der Waals surface area contributed by atoms with Crippen LogP contribution in [-0.2, 0) is 35.2 Å². The van der Waals surface area contributed by atoms with Crippen LogP contribution in [0, 0.1) is 17.1 Å². The topological polar surface area (TPSA) is 152 Å². The van der Waals surface area contributed by atoms with E-state index in [1.54, 1.807) is 50.5 Å². The van der Waals surface area contributed by atoms with E-state index in [9.17, 15) is 19.4 Å². The van der Waals surface area contributed by atoms with E-state index in [0.29, 0.717) is 23.4 Å². The molecule has 0 radical (unpaired) electrons. The number of aryl methyl sites for hydroxylation is 1. The average molecular weight is 757 g/mol. The molecular formula is C34H32F4N8O4S2. The van der Waals surface area contributed by atoms with Crippen LogP contribution in [0.1, 0.15) is 54.5 Å². The largest absolute Gasteiger partial charge is 0.609 e. The highest BCUT2D eigenvalue weighted by Gasteiger charge is 2.39. The first-order valence-electron chi connectivity index (χ1n) is 15.8. The predicted octanol–water partition coefficient (Wildman–Crippen LogP) is 6.93. The van der Waals surface area contributed by atoms with E-state index < -0.39 is 51.5 Å². The van der Waals surface area contributed by atoms with Crippen molar-refractivity contribution in [1.82, 2.24) is 24.6 Å². The van der Waals surface area contributed by atoms with Crippen molar-refractivity contribution < 1.29 is 36.4 Å². The number of fused-ring (bicyclic) bond motifs is 3. The molecule has 12 nitrogen and oxygen atoms in total. The van der Waals surface area contributed by atoms with Gasteiger partial charge in [-0.25, -0.2) is 9.18 Å². The van der Waals surface area contributed by atoms with Gasteiger partial charge < -0.3 is 19.1 Å². The van der Waals surface area contributed by atoms with Crippen molar-refractivity contribution in [3.63, 3.8) is 0 Å². The first kappa shape index (κ1) is 36.8. The first-order valence-corrected chi connectivity index (χ1v) is 18.2. The molecule has 0 saturated carbocycles. The summed E-state index contributed by atoms with van der Waals surface area (Å²) in [5, 5.41) is 16.5. The number of halogens is 4. The van der Waals surface area contributed by atoms with Gasteiger partial charge in [0.25, 0.3) is 5.91 Å². The molecule has 0 saturated heterocycles. The van der Waals surface area contributed by atoms with Gasteiger partial charge in [-0.05, 0) is 51.0 Å². The van der Waals surface area contributed by atoms with Gasteiger partial charge in [0, 0.05) is 59.4 Å². The Bertz CT molecular complexity index is 2290. The molecule has 2 aromatic carbocycles. The fourth-order valence-corrected chi connectivity index (χ4v) is 7.47. The summed E-state index contributed by atoms with van der Waals surface area (Å²) in [7, 11) is 3.17. The fourth-order valence-electron chi connectivity index (χ4n) is 5.97. The molecular weight excluding hydrogens is 725 g/mol. The lowest BCUT2D eigenvalue weighted by Crippen LogP contribution is -2.27. The molecule has 1 aliphatic heterocycles. The summed E-state index contributed by atoms with van der Waals surface area (Å²) in [4.78, 5) is 36.8. The number of rotatable bonds is 5. The lowest BCUT2D eigenvalue weighted by Gasteiger charge is -2.24. The Morgan fingerprint density at radius 3 is 2.52 bits per heavy atom. The van der Waals surface area contributed by atoms with E-state index >= 15 is 17.6 Å². The standard InChI is InChI=1S/C34H32F4N8O4S2/c1-33(2,3)50-32(48)42-29-20(15-39)24-18(9-7-10-23(24)51-29)25-21(34(36,37)38)14-19-27(26(25)35)40-31(52(6)49)41-28(19)45-11-8-12-46-17(16-45)13-22(43-46)30(47)44(4)5/h7,9-10,13-14H,8,11-12,16H2,1-6H3,(H,42,48). The minimum absolute atomic E-state index is 0.0118. The summed E-state index contributed by atoms with van der Waals surface area (Å²) >= 11 is -0.953. The number of anilines is 2. The summed E-state index contributed by atoms with van der Waals surface area (Å²) in [6.45, 7) is 5.63. The second-order valence-electron chi connectivity index (χ2n) is 13.2. The molecule has 6 rings (SSSR count). The number of amides is 2. The molecule has 2 amide bonds. The average Bonchev–Trinajstić information content (AvgIpc) is 3.55. The fraction of sp³-hybridized carbons (Fsp3) is 0.353. The molecule has 3 aromatic heterocycles. The van der Waals surface area contributed by atoms with Gasteiger partial charge in [-0.15, -0.1) is 11.3 Å². The predicted molar refractivity (Wildman–Crippen MR) is 188 cm³/mol. The summed E-state index contributed by atoms with van der Waals surface area (Å²) in [5.74, 6) is -1.76. The molecule has 5 aromatic rings. The molecule has 1 N–H and O–H groups in total. The molecule has 18 heteroatoms. The summed E-state index contributed by atoms with van der Waals surface area (Å²) < 4.78 is 82.4. The zero-order valence-electron chi connectivity index (χ0n) is 28.8. The monoisotopic (exact) mass is 756 g/mol. The zero-order chi connectivity index (χ0) is 37.9. The highest BCUT2D eigenvalue weighted by atomic mass is 32.2. The number of alkyl halides is 3. The number of ether oxygens (including phenoxy) is 1. The Morgan fingerprint density at radius 2 is 1.88 bits per heavy atom. The van der Waals surface area contributed by atoms with Crippen molar-refractivity contribution in [3.8, 4) is 17.2 Å². The van der Waals surface area contributed by atoms with E-state index in [0.717, 1.165) is 17.4 Å². The quantitative estimate of drug-likeness (QED) is 0.114. The molecule has 0 bridgehead atoms. The Hall–Kier alpha value is -4.99. The normalized spacial score (nSPS) is 14.2. The number of thiophene rings is 1. The lowest BCUT2D eigenvalue weighted by molar-refractivity contribution is -0.137. The highest BCUT2D eigenvalue weighted by Crippen LogP contribution is 2.48. The lowest BCUT2D eigenvalue weighted by atomic mass is 9.92. The van der Waals surface area contributed by atoms with E-state index in [2.05, 4.69) is 20.4 Å². The molecule has 1 unspecified atom stereocenters. The number of aromatic nitrogens is 4. The van der Waals surface area contributed by atoms with Crippen LogP contribution < -0.4 is 10.2 Å². The number of hydrogen-bond acceptors (Lipinski definition) is 10. The number of nitrogens with zero attached hydrogens (tertiary/aromatic N) is 7. The number of carbonyl (C=O) groups is 2. The van der Waals surface area contributed by atoms with Gasteiger partial charge >= 0.3 is 17.4 Å². The third-order valence-corrected chi connectivity index (χ3v) is 9.87. The smallest absolute Gasteiger partial charge is 0.417 e. The Labute approximate surface area is 302 Å². The first-order chi connectivity index (χ1) is 24.4. The van der Waals surface area contributed by atoms with Gasteiger partial charge in [0.2, 0.25) is 0 Å². The van der Waals surface area contributed by atoms with Gasteiger partial charge in [-0.2, -0.15) is 33.5 Å². The second kappa shape index (κ2) is 13.5. The van der Waals surface area contributed by atoms with E-state index in [1.807, 2.05) is 6.07 Å². The number of benzene rings is 2. The van der Waals surface area contributed by atoms with Crippen LogP contribution in [-0.4, -0.2) is 73.7 Å². The third kappa shape index (κ3) is 6.95. The SMILES string of the molecule is CN(C)C(=O)c1cc2n(n1)CCCN(c1nc([S+](C)[O-])nc3c(F)c(-c4cccc5sc(NC(=O)OC(C)(C)C)c(C#N)c45)c(C(F)(F)F)cc13)C2. The van der Waals surface area contributed by atoms with Crippen LogP contribution in [0.4, 0.5) is 33.2 Å². The number of nitrogens with one attached hydrogen (secondary N) is 1. The Balaban J connectivity index is 1.57. The van der Waals surface area contributed by atoms with E-state index in [4.69, 9.17) is 4.74 Å².